The highest BCUT2D eigenvalue weighted by Gasteiger charge is 2.21. The Morgan fingerprint density at radius 2 is 2.14 bits per heavy atom. The van der Waals surface area contributed by atoms with Crippen molar-refractivity contribution in [2.45, 2.75) is 46.8 Å². The summed E-state index contributed by atoms with van der Waals surface area (Å²) in [6, 6.07) is 5.77. The summed E-state index contributed by atoms with van der Waals surface area (Å²) in [4.78, 5) is 27.1. The van der Waals surface area contributed by atoms with Crippen molar-refractivity contribution in [1.82, 2.24) is 10.3 Å². The molecule has 1 aromatic heterocycles. The standard InChI is InChI=1S/C22H26N2O4/c1-5-27-19-11-17-9-15(4)28-20(17)10-16(19)6-7-21(25)23-12-18-13(2)8-14(3)24-22(18)26/h6-8,10-11,15H,5,9,12H2,1-4H3,(H,23,25)(H,24,26)/b7-6+/t15-/m0/s1. The number of ether oxygens (including phenoxy) is 2. The third-order valence-electron chi connectivity index (χ3n) is 4.68. The number of aromatic nitrogens is 1. The van der Waals surface area contributed by atoms with E-state index in [-0.39, 0.29) is 24.1 Å². The number of H-pyrrole nitrogens is 1. The van der Waals surface area contributed by atoms with E-state index < -0.39 is 0 Å². The van der Waals surface area contributed by atoms with Gasteiger partial charge >= 0.3 is 0 Å². The first-order valence-electron chi connectivity index (χ1n) is 9.49. The first-order chi connectivity index (χ1) is 13.4. The molecule has 148 valence electrons. The number of fused-ring (bicyclic) bond motifs is 1. The van der Waals surface area contributed by atoms with Crippen molar-refractivity contribution in [2.75, 3.05) is 6.61 Å². The Bertz CT molecular complexity index is 975. The first-order valence-corrected chi connectivity index (χ1v) is 9.49. The van der Waals surface area contributed by atoms with Gasteiger partial charge in [0.25, 0.3) is 5.56 Å². The van der Waals surface area contributed by atoms with E-state index in [1.54, 1.807) is 6.08 Å². The molecule has 1 amide bonds. The van der Waals surface area contributed by atoms with Crippen molar-refractivity contribution >= 4 is 12.0 Å². The number of carbonyl (C=O) groups excluding carboxylic acids is 1. The lowest BCUT2D eigenvalue weighted by Crippen LogP contribution is -2.26. The molecule has 1 aliphatic rings. The second-order valence-corrected chi connectivity index (χ2v) is 7.06. The maximum absolute atomic E-state index is 12.3. The van der Waals surface area contributed by atoms with Gasteiger partial charge in [-0.3, -0.25) is 9.59 Å². The molecule has 2 heterocycles. The number of hydrogen-bond donors (Lipinski definition) is 2. The Hall–Kier alpha value is -3.02. The summed E-state index contributed by atoms with van der Waals surface area (Å²) in [7, 11) is 0. The zero-order chi connectivity index (χ0) is 20.3. The van der Waals surface area contributed by atoms with Crippen LogP contribution < -0.4 is 20.3 Å². The second kappa shape index (κ2) is 8.33. The summed E-state index contributed by atoms with van der Waals surface area (Å²) in [5.74, 6) is 1.28. The Kier molecular flexibility index (Phi) is 5.87. The smallest absolute Gasteiger partial charge is 0.253 e. The van der Waals surface area contributed by atoms with Gasteiger partial charge in [-0.1, -0.05) is 0 Å². The van der Waals surface area contributed by atoms with Crippen molar-refractivity contribution in [1.29, 1.82) is 0 Å². The zero-order valence-electron chi connectivity index (χ0n) is 16.7. The lowest BCUT2D eigenvalue weighted by molar-refractivity contribution is -0.116. The number of amides is 1. The molecule has 28 heavy (non-hydrogen) atoms. The van der Waals surface area contributed by atoms with Crippen LogP contribution in [0.25, 0.3) is 6.08 Å². The van der Waals surface area contributed by atoms with Crippen LogP contribution in [0.15, 0.2) is 29.1 Å². The molecule has 0 unspecified atom stereocenters. The van der Waals surface area contributed by atoms with Gasteiger partial charge in [-0.05, 0) is 57.5 Å². The quantitative estimate of drug-likeness (QED) is 0.753. The molecule has 2 aromatic rings. The molecule has 0 aliphatic carbocycles. The van der Waals surface area contributed by atoms with Gasteiger partial charge in [-0.2, -0.15) is 0 Å². The minimum Gasteiger partial charge on any atom is -0.493 e. The normalized spacial score (nSPS) is 15.4. The molecule has 0 radical (unpaired) electrons. The molecule has 3 rings (SSSR count). The number of aryl methyl sites for hydroxylation is 2. The van der Waals surface area contributed by atoms with Gasteiger partial charge in [0.15, 0.2) is 0 Å². The third-order valence-corrected chi connectivity index (χ3v) is 4.68. The van der Waals surface area contributed by atoms with Gasteiger partial charge in [0.2, 0.25) is 5.91 Å². The number of benzene rings is 1. The van der Waals surface area contributed by atoms with E-state index in [2.05, 4.69) is 10.3 Å². The summed E-state index contributed by atoms with van der Waals surface area (Å²) in [5.41, 5.74) is 3.94. The second-order valence-electron chi connectivity index (χ2n) is 7.06. The van der Waals surface area contributed by atoms with Crippen LogP contribution in [0.4, 0.5) is 0 Å². The lowest BCUT2D eigenvalue weighted by atomic mass is 10.1. The van der Waals surface area contributed by atoms with Gasteiger partial charge in [0.1, 0.15) is 17.6 Å². The summed E-state index contributed by atoms with van der Waals surface area (Å²) >= 11 is 0. The van der Waals surface area contributed by atoms with Crippen molar-refractivity contribution < 1.29 is 14.3 Å². The van der Waals surface area contributed by atoms with Crippen molar-refractivity contribution in [3.8, 4) is 11.5 Å². The number of nitrogens with one attached hydrogen (secondary N) is 2. The number of pyridine rings is 1. The molecular weight excluding hydrogens is 356 g/mol. The molecule has 0 fully saturated rings. The van der Waals surface area contributed by atoms with Gasteiger partial charge < -0.3 is 19.8 Å². The highest BCUT2D eigenvalue weighted by Crippen LogP contribution is 2.35. The Labute approximate surface area is 164 Å². The van der Waals surface area contributed by atoms with E-state index in [1.165, 1.54) is 6.08 Å². The fraction of sp³-hybridized carbons (Fsp3) is 0.364. The van der Waals surface area contributed by atoms with E-state index in [1.807, 2.05) is 45.9 Å². The Morgan fingerprint density at radius 1 is 1.36 bits per heavy atom. The Morgan fingerprint density at radius 3 is 2.86 bits per heavy atom. The maximum atomic E-state index is 12.3. The minimum atomic E-state index is -0.281. The lowest BCUT2D eigenvalue weighted by Gasteiger charge is -2.10. The molecule has 0 spiro atoms. The SMILES string of the molecule is CCOc1cc2c(cc1/C=C/C(=O)NCc1c(C)cc(C)[nH]c1=O)O[C@@H](C)C2. The van der Waals surface area contributed by atoms with Crippen LogP contribution in [0.3, 0.4) is 0 Å². The average Bonchev–Trinajstić information content (AvgIpc) is 2.98. The van der Waals surface area contributed by atoms with Gasteiger partial charge in [-0.15, -0.1) is 0 Å². The van der Waals surface area contributed by atoms with Gasteiger partial charge in [-0.25, -0.2) is 0 Å². The topological polar surface area (TPSA) is 80.4 Å². The predicted octanol–water partition coefficient (Wildman–Crippen LogP) is 3.04. The van der Waals surface area contributed by atoms with E-state index in [4.69, 9.17) is 9.47 Å². The van der Waals surface area contributed by atoms with Crippen molar-refractivity contribution in [3.05, 3.63) is 62.6 Å². The fourth-order valence-electron chi connectivity index (χ4n) is 3.37. The number of aromatic amines is 1. The number of rotatable bonds is 6. The summed E-state index contributed by atoms with van der Waals surface area (Å²) in [5, 5.41) is 2.76. The molecule has 2 N–H and O–H groups in total. The zero-order valence-corrected chi connectivity index (χ0v) is 16.7. The third kappa shape index (κ3) is 4.44. The number of carbonyl (C=O) groups is 1. The van der Waals surface area contributed by atoms with Crippen LogP contribution in [-0.4, -0.2) is 23.6 Å². The summed E-state index contributed by atoms with van der Waals surface area (Å²) < 4.78 is 11.5. The molecule has 6 heteroatoms. The maximum Gasteiger partial charge on any atom is 0.253 e. The fourth-order valence-corrected chi connectivity index (χ4v) is 3.37. The number of hydrogen-bond acceptors (Lipinski definition) is 4. The van der Waals surface area contributed by atoms with Crippen LogP contribution in [0, 0.1) is 13.8 Å². The summed E-state index contributed by atoms with van der Waals surface area (Å²) in [6.45, 7) is 8.35. The monoisotopic (exact) mass is 382 g/mol. The molecule has 1 aromatic carbocycles. The molecule has 0 saturated heterocycles. The van der Waals surface area contributed by atoms with Crippen LogP contribution in [0.2, 0.25) is 0 Å². The van der Waals surface area contributed by atoms with Gasteiger partial charge in [0.05, 0.1) is 6.61 Å². The van der Waals surface area contributed by atoms with E-state index in [9.17, 15) is 9.59 Å². The molecule has 0 bridgehead atoms. The van der Waals surface area contributed by atoms with Crippen LogP contribution in [-0.2, 0) is 17.8 Å². The molecule has 1 aliphatic heterocycles. The molecule has 6 nitrogen and oxygen atoms in total. The molecular formula is C22H26N2O4. The summed E-state index contributed by atoms with van der Waals surface area (Å²) in [6.07, 6.45) is 4.15. The van der Waals surface area contributed by atoms with E-state index in [0.717, 1.165) is 40.3 Å². The van der Waals surface area contributed by atoms with Crippen LogP contribution in [0.1, 0.15) is 41.8 Å². The van der Waals surface area contributed by atoms with Gasteiger partial charge in [0, 0.05) is 41.4 Å². The van der Waals surface area contributed by atoms with Crippen LogP contribution >= 0.6 is 0 Å². The molecule has 0 saturated carbocycles. The Balaban J connectivity index is 1.72. The van der Waals surface area contributed by atoms with Crippen molar-refractivity contribution in [3.63, 3.8) is 0 Å². The highest BCUT2D eigenvalue weighted by atomic mass is 16.5. The van der Waals surface area contributed by atoms with Crippen LogP contribution in [0.5, 0.6) is 11.5 Å². The minimum absolute atomic E-state index is 0.142. The van der Waals surface area contributed by atoms with Crippen molar-refractivity contribution in [2.24, 2.45) is 0 Å². The molecule has 1 atom stereocenters. The first kappa shape index (κ1) is 19.7. The van der Waals surface area contributed by atoms with E-state index >= 15 is 0 Å². The van der Waals surface area contributed by atoms with E-state index in [0.29, 0.717) is 12.2 Å². The predicted molar refractivity (Wildman–Crippen MR) is 109 cm³/mol. The highest BCUT2D eigenvalue weighted by molar-refractivity contribution is 5.92. The average molecular weight is 382 g/mol. The largest absolute Gasteiger partial charge is 0.493 e.